The second-order valence-electron chi connectivity index (χ2n) is 3.88. The maximum atomic E-state index is 11.1. The van der Waals surface area contributed by atoms with Gasteiger partial charge in [0.25, 0.3) is 0 Å². The van der Waals surface area contributed by atoms with Crippen molar-refractivity contribution in [1.29, 1.82) is 0 Å². The van der Waals surface area contributed by atoms with E-state index in [0.29, 0.717) is 5.39 Å². The van der Waals surface area contributed by atoms with E-state index in [4.69, 9.17) is 15.3 Å². The number of aromatic carboxylic acids is 3. The first kappa shape index (κ1) is 15.1. The van der Waals surface area contributed by atoms with Gasteiger partial charge in [0.15, 0.2) is 0 Å². The van der Waals surface area contributed by atoms with E-state index in [2.05, 4.69) is 0 Å². The molecule has 5 N–H and O–H groups in total. The van der Waals surface area contributed by atoms with E-state index in [1.54, 1.807) is 0 Å². The lowest BCUT2D eigenvalue weighted by atomic mass is 9.99. The summed E-state index contributed by atoms with van der Waals surface area (Å²) in [5.74, 6) is -3.73. The van der Waals surface area contributed by atoms with Crippen LogP contribution in [0.4, 0.5) is 0 Å². The summed E-state index contributed by atoms with van der Waals surface area (Å²) in [5, 5.41) is 27.4. The zero-order chi connectivity index (χ0) is 14.2. The lowest BCUT2D eigenvalue weighted by Crippen LogP contribution is -2.04. The summed E-state index contributed by atoms with van der Waals surface area (Å²) >= 11 is 0. The monoisotopic (exact) mass is 278 g/mol. The number of rotatable bonds is 3. The molecule has 0 bridgehead atoms. The number of carboxylic acid groups (broad SMARTS) is 3. The molecule has 20 heavy (non-hydrogen) atoms. The van der Waals surface area contributed by atoms with Gasteiger partial charge in [-0.05, 0) is 35.0 Å². The van der Waals surface area contributed by atoms with Crippen LogP contribution in [-0.4, -0.2) is 38.7 Å². The lowest BCUT2D eigenvalue weighted by molar-refractivity contribution is 0.0681. The fourth-order valence-corrected chi connectivity index (χ4v) is 1.79. The van der Waals surface area contributed by atoms with Crippen LogP contribution in [0.25, 0.3) is 10.8 Å². The van der Waals surface area contributed by atoms with Crippen LogP contribution >= 0.6 is 0 Å². The Hall–Kier alpha value is -2.93. The predicted octanol–water partition coefficient (Wildman–Crippen LogP) is 1.11. The van der Waals surface area contributed by atoms with Crippen molar-refractivity contribution < 1.29 is 35.2 Å². The van der Waals surface area contributed by atoms with Gasteiger partial charge < -0.3 is 20.8 Å². The molecule has 0 radical (unpaired) electrons. The highest BCUT2D eigenvalue weighted by Crippen LogP contribution is 2.23. The van der Waals surface area contributed by atoms with E-state index in [1.165, 1.54) is 24.3 Å². The Morgan fingerprint density at radius 3 is 1.85 bits per heavy atom. The highest BCUT2D eigenvalue weighted by molar-refractivity contribution is 6.08. The molecule has 2 aromatic carbocycles. The van der Waals surface area contributed by atoms with Crippen molar-refractivity contribution in [3.8, 4) is 0 Å². The van der Waals surface area contributed by atoms with Crippen molar-refractivity contribution in [2.75, 3.05) is 0 Å². The predicted molar refractivity (Wildman–Crippen MR) is 68.4 cm³/mol. The molecule has 2 aromatic rings. The molecule has 0 fully saturated rings. The molecular weight excluding hydrogens is 268 g/mol. The first-order valence-corrected chi connectivity index (χ1v) is 5.18. The Morgan fingerprint density at radius 1 is 0.750 bits per heavy atom. The third-order valence-corrected chi connectivity index (χ3v) is 2.68. The van der Waals surface area contributed by atoms with Crippen LogP contribution in [0.2, 0.25) is 0 Å². The van der Waals surface area contributed by atoms with Gasteiger partial charge in [0.1, 0.15) is 0 Å². The van der Waals surface area contributed by atoms with Gasteiger partial charge in [-0.3, -0.25) is 0 Å². The van der Waals surface area contributed by atoms with Gasteiger partial charge in [-0.15, -0.1) is 0 Å². The molecule has 0 heterocycles. The van der Waals surface area contributed by atoms with Crippen LogP contribution in [-0.2, 0) is 0 Å². The minimum Gasteiger partial charge on any atom is -0.478 e. The fraction of sp³-hybridized carbons (Fsp3) is 0. The zero-order valence-electron chi connectivity index (χ0n) is 9.95. The second-order valence-corrected chi connectivity index (χ2v) is 3.88. The average Bonchev–Trinajstić information content (AvgIpc) is 2.36. The Kier molecular flexibility index (Phi) is 4.06. The molecule has 0 saturated heterocycles. The molecule has 0 amide bonds. The van der Waals surface area contributed by atoms with E-state index < -0.39 is 17.9 Å². The van der Waals surface area contributed by atoms with Gasteiger partial charge in [0.05, 0.1) is 16.7 Å². The van der Waals surface area contributed by atoms with Crippen molar-refractivity contribution >= 4 is 28.7 Å². The summed E-state index contributed by atoms with van der Waals surface area (Å²) in [6.45, 7) is 0. The third-order valence-electron chi connectivity index (χ3n) is 2.68. The maximum Gasteiger partial charge on any atom is 0.336 e. The maximum absolute atomic E-state index is 11.1. The third kappa shape index (κ3) is 2.57. The van der Waals surface area contributed by atoms with Crippen LogP contribution < -0.4 is 0 Å². The molecule has 7 nitrogen and oxygen atoms in total. The van der Waals surface area contributed by atoms with E-state index in [9.17, 15) is 14.4 Å². The summed E-state index contributed by atoms with van der Waals surface area (Å²) in [6, 6.07) is 6.21. The Balaban J connectivity index is 0.00000200. The van der Waals surface area contributed by atoms with E-state index in [1.807, 2.05) is 0 Å². The number of benzene rings is 2. The van der Waals surface area contributed by atoms with Gasteiger partial charge >= 0.3 is 17.9 Å². The molecule has 0 spiro atoms. The smallest absolute Gasteiger partial charge is 0.336 e. The second kappa shape index (κ2) is 5.37. The molecule has 0 aliphatic heterocycles. The fourth-order valence-electron chi connectivity index (χ4n) is 1.79. The first-order chi connectivity index (χ1) is 8.90. The summed E-state index contributed by atoms with van der Waals surface area (Å²) in [6.07, 6.45) is 0. The van der Waals surface area contributed by atoms with Gasteiger partial charge in [0, 0.05) is 0 Å². The quantitative estimate of drug-likeness (QED) is 0.767. The highest BCUT2D eigenvalue weighted by Gasteiger charge is 2.15. The molecule has 0 atom stereocenters. The topological polar surface area (TPSA) is 143 Å². The van der Waals surface area contributed by atoms with Gasteiger partial charge in [-0.1, -0.05) is 6.07 Å². The summed E-state index contributed by atoms with van der Waals surface area (Å²) in [4.78, 5) is 32.9. The van der Waals surface area contributed by atoms with Crippen LogP contribution in [0.15, 0.2) is 30.3 Å². The molecule has 0 aliphatic rings. The van der Waals surface area contributed by atoms with Crippen molar-refractivity contribution in [1.82, 2.24) is 0 Å². The Morgan fingerprint density at radius 2 is 1.35 bits per heavy atom. The molecule has 0 aliphatic carbocycles. The minimum absolute atomic E-state index is 0. The standard InChI is InChI=1S/C13H8O6.H2O/c14-11(15)7-2-1-6-3-8(12(16)17)5-10(13(18)19)9(6)4-7;/h1-5H,(H,14,15)(H,16,17)(H,18,19);1H2. The van der Waals surface area contributed by atoms with Crippen molar-refractivity contribution in [2.24, 2.45) is 0 Å². The molecule has 7 heteroatoms. The van der Waals surface area contributed by atoms with Crippen LogP contribution in [0.1, 0.15) is 31.1 Å². The zero-order valence-corrected chi connectivity index (χ0v) is 9.95. The summed E-state index contributed by atoms with van der Waals surface area (Å²) in [5.41, 5.74) is -0.455. The summed E-state index contributed by atoms with van der Waals surface area (Å²) in [7, 11) is 0. The number of carboxylic acids is 3. The number of hydrogen-bond donors (Lipinski definition) is 3. The number of carbonyl (C=O) groups is 3. The molecule has 0 saturated carbocycles. The van der Waals surface area contributed by atoms with Crippen molar-refractivity contribution in [3.05, 3.63) is 47.0 Å². The number of fused-ring (bicyclic) bond motifs is 1. The first-order valence-electron chi connectivity index (χ1n) is 5.18. The van der Waals surface area contributed by atoms with Crippen LogP contribution in [0.3, 0.4) is 0 Å². The molecule has 2 rings (SSSR count). The minimum atomic E-state index is -1.31. The molecule has 0 aromatic heterocycles. The normalized spacial score (nSPS) is 9.80. The lowest BCUT2D eigenvalue weighted by Gasteiger charge is -2.06. The van der Waals surface area contributed by atoms with E-state index in [-0.39, 0.29) is 27.6 Å². The van der Waals surface area contributed by atoms with E-state index >= 15 is 0 Å². The van der Waals surface area contributed by atoms with Crippen molar-refractivity contribution in [2.45, 2.75) is 0 Å². The Labute approximate surface area is 112 Å². The molecule has 0 unspecified atom stereocenters. The van der Waals surface area contributed by atoms with Crippen LogP contribution in [0.5, 0.6) is 0 Å². The largest absolute Gasteiger partial charge is 0.478 e. The van der Waals surface area contributed by atoms with Gasteiger partial charge in [-0.25, -0.2) is 14.4 Å². The number of hydrogen-bond acceptors (Lipinski definition) is 3. The Bertz CT molecular complexity index is 718. The highest BCUT2D eigenvalue weighted by atomic mass is 16.4. The molecular formula is C13H10O7. The summed E-state index contributed by atoms with van der Waals surface area (Å²) < 4.78 is 0. The van der Waals surface area contributed by atoms with Crippen molar-refractivity contribution in [3.63, 3.8) is 0 Å². The SMILES string of the molecule is O.O=C(O)c1cc(C(=O)O)c2cc(C(=O)O)ccc2c1. The van der Waals surface area contributed by atoms with Crippen LogP contribution in [0, 0.1) is 0 Å². The van der Waals surface area contributed by atoms with E-state index in [0.717, 1.165) is 6.07 Å². The average molecular weight is 278 g/mol. The molecule has 104 valence electrons. The van der Waals surface area contributed by atoms with Gasteiger partial charge in [-0.2, -0.15) is 0 Å². The van der Waals surface area contributed by atoms with Gasteiger partial charge in [0.2, 0.25) is 0 Å².